The summed E-state index contributed by atoms with van der Waals surface area (Å²) >= 11 is 0. The SMILES string of the molecule is CC#CC#C[C@@H]1C[C@H]1CO.CC#CC#Cc1ccc([C@@H]2C[C@H]2CO)cc1.CC#CC#Cc1ccccc1. The molecule has 184 valence electrons. The van der Waals surface area contributed by atoms with Crippen LogP contribution in [0.1, 0.15) is 56.2 Å². The average Bonchev–Trinajstić information content (AvgIpc) is 3.86. The van der Waals surface area contributed by atoms with E-state index in [4.69, 9.17) is 10.2 Å². The van der Waals surface area contributed by atoms with E-state index in [0.29, 0.717) is 30.3 Å². The van der Waals surface area contributed by atoms with Gasteiger partial charge in [-0.25, -0.2) is 0 Å². The minimum atomic E-state index is 0.277. The zero-order valence-electron chi connectivity index (χ0n) is 21.7. The lowest BCUT2D eigenvalue weighted by Crippen LogP contribution is -1.88. The second-order valence-electron chi connectivity index (χ2n) is 8.45. The Hall–Kier alpha value is -4.28. The first-order valence-electron chi connectivity index (χ1n) is 12.3. The van der Waals surface area contributed by atoms with Crippen LogP contribution in [0.5, 0.6) is 0 Å². The van der Waals surface area contributed by atoms with Gasteiger partial charge in [-0.15, -0.1) is 0 Å². The Morgan fingerprint density at radius 1 is 0.622 bits per heavy atom. The Morgan fingerprint density at radius 3 is 1.65 bits per heavy atom. The van der Waals surface area contributed by atoms with Crippen molar-refractivity contribution in [2.24, 2.45) is 17.8 Å². The van der Waals surface area contributed by atoms with Gasteiger partial charge in [0.1, 0.15) is 0 Å². The number of aliphatic hydroxyl groups excluding tert-OH is 2. The maximum Gasteiger partial charge on any atom is 0.0471 e. The Morgan fingerprint density at radius 2 is 1.16 bits per heavy atom. The normalized spacial score (nSPS) is 18.7. The molecule has 2 fully saturated rings. The van der Waals surface area contributed by atoms with E-state index >= 15 is 0 Å². The van der Waals surface area contributed by atoms with Gasteiger partial charge in [-0.1, -0.05) is 65.9 Å². The molecule has 0 saturated heterocycles. The highest BCUT2D eigenvalue weighted by Crippen LogP contribution is 2.46. The molecule has 2 saturated carbocycles. The standard InChI is InChI=1S/C15H14O.C11H8.C9H10O/c1-2-3-4-5-12-6-8-13(9-7-12)15-10-14(15)11-16;1-2-3-5-8-11-9-6-4-7-10-11;1-2-3-4-5-8-6-9(8)7-10/h6-9,14-16H,10-11H2,1H3;4,6-7,9-10H,1H3;8-10H,6-7H2,1H3/t14-,15-;;8-,9+/m0.1/s1. The van der Waals surface area contributed by atoms with Gasteiger partial charge >= 0.3 is 0 Å². The molecule has 0 spiro atoms. The van der Waals surface area contributed by atoms with Crippen LogP contribution in [0.4, 0.5) is 0 Å². The van der Waals surface area contributed by atoms with Crippen molar-refractivity contribution < 1.29 is 10.2 Å². The first-order chi connectivity index (χ1) is 18.2. The fourth-order valence-electron chi connectivity index (χ4n) is 3.34. The maximum absolute atomic E-state index is 9.00. The quantitative estimate of drug-likeness (QED) is 0.611. The second kappa shape index (κ2) is 17.2. The highest BCUT2D eigenvalue weighted by Gasteiger charge is 2.37. The first-order valence-corrected chi connectivity index (χ1v) is 12.3. The molecule has 0 aromatic heterocycles. The molecular formula is C35H32O2. The molecule has 2 heteroatoms. The van der Waals surface area contributed by atoms with Crippen LogP contribution < -0.4 is 0 Å². The minimum absolute atomic E-state index is 0.277. The van der Waals surface area contributed by atoms with Crippen LogP contribution in [-0.4, -0.2) is 23.4 Å². The van der Waals surface area contributed by atoms with Gasteiger partial charge in [-0.2, -0.15) is 0 Å². The minimum Gasteiger partial charge on any atom is -0.396 e. The van der Waals surface area contributed by atoms with E-state index in [1.54, 1.807) is 20.8 Å². The number of benzene rings is 2. The van der Waals surface area contributed by atoms with E-state index in [9.17, 15) is 0 Å². The maximum atomic E-state index is 9.00. The van der Waals surface area contributed by atoms with E-state index in [2.05, 4.69) is 83.2 Å². The Bertz CT molecular complexity index is 1360. The third kappa shape index (κ3) is 11.8. The lowest BCUT2D eigenvalue weighted by molar-refractivity contribution is 0.273. The topological polar surface area (TPSA) is 40.5 Å². The summed E-state index contributed by atoms with van der Waals surface area (Å²) in [5.41, 5.74) is 3.31. The van der Waals surface area contributed by atoms with Gasteiger partial charge in [0, 0.05) is 30.3 Å². The van der Waals surface area contributed by atoms with Crippen LogP contribution in [0.15, 0.2) is 54.6 Å². The largest absolute Gasteiger partial charge is 0.396 e. The Balaban J connectivity index is 0.000000203. The molecule has 2 aromatic rings. The molecule has 0 amide bonds. The smallest absolute Gasteiger partial charge is 0.0471 e. The van der Waals surface area contributed by atoms with Crippen LogP contribution in [0.2, 0.25) is 0 Å². The highest BCUT2D eigenvalue weighted by atomic mass is 16.3. The summed E-state index contributed by atoms with van der Waals surface area (Å²) in [6.45, 7) is 5.90. The molecule has 2 nitrogen and oxygen atoms in total. The number of hydrogen-bond acceptors (Lipinski definition) is 2. The van der Waals surface area contributed by atoms with E-state index in [1.807, 2.05) is 42.5 Å². The first kappa shape index (κ1) is 29.0. The van der Waals surface area contributed by atoms with Crippen molar-refractivity contribution in [3.05, 3.63) is 71.3 Å². The molecule has 4 rings (SSSR count). The fraction of sp³-hybridized carbons (Fsp3) is 0.314. The molecule has 2 aromatic carbocycles. The molecule has 0 bridgehead atoms. The molecule has 2 aliphatic rings. The van der Waals surface area contributed by atoms with Crippen LogP contribution in [-0.2, 0) is 0 Å². The third-order valence-corrected chi connectivity index (χ3v) is 5.66. The molecule has 4 atom stereocenters. The number of aliphatic hydroxyl groups is 2. The molecule has 37 heavy (non-hydrogen) atoms. The molecular weight excluding hydrogens is 452 g/mol. The molecule has 2 aliphatic carbocycles. The Kier molecular flexibility index (Phi) is 13.5. The molecule has 0 unspecified atom stereocenters. The monoisotopic (exact) mass is 484 g/mol. The van der Waals surface area contributed by atoms with Crippen LogP contribution in [0.3, 0.4) is 0 Å². The van der Waals surface area contributed by atoms with Crippen molar-refractivity contribution in [1.29, 1.82) is 0 Å². The lowest BCUT2D eigenvalue weighted by Gasteiger charge is -1.98. The van der Waals surface area contributed by atoms with Crippen molar-refractivity contribution in [3.63, 3.8) is 0 Å². The predicted molar refractivity (Wildman–Crippen MR) is 151 cm³/mol. The third-order valence-electron chi connectivity index (χ3n) is 5.66. The number of hydrogen-bond donors (Lipinski definition) is 2. The summed E-state index contributed by atoms with van der Waals surface area (Å²) in [4.78, 5) is 0. The fourth-order valence-corrected chi connectivity index (χ4v) is 3.34. The van der Waals surface area contributed by atoms with Crippen molar-refractivity contribution in [2.75, 3.05) is 13.2 Å². The highest BCUT2D eigenvalue weighted by molar-refractivity contribution is 5.42. The van der Waals surface area contributed by atoms with Crippen LogP contribution >= 0.6 is 0 Å². The molecule has 0 heterocycles. The van der Waals surface area contributed by atoms with Crippen LogP contribution in [0, 0.1) is 88.8 Å². The summed E-state index contributed by atoms with van der Waals surface area (Å²) < 4.78 is 0. The van der Waals surface area contributed by atoms with E-state index in [1.165, 1.54) is 5.56 Å². The summed E-state index contributed by atoms with van der Waals surface area (Å²) in [5.74, 6) is 35.3. The van der Waals surface area contributed by atoms with Gasteiger partial charge in [-0.3, -0.25) is 0 Å². The van der Waals surface area contributed by atoms with Gasteiger partial charge in [0.15, 0.2) is 0 Å². The zero-order valence-corrected chi connectivity index (χ0v) is 21.7. The van der Waals surface area contributed by atoms with E-state index < -0.39 is 0 Å². The van der Waals surface area contributed by atoms with Crippen molar-refractivity contribution >= 4 is 0 Å². The Labute approximate surface area is 222 Å². The molecule has 0 aliphatic heterocycles. The van der Waals surface area contributed by atoms with Gasteiger partial charge in [-0.05, 0) is 117 Å². The average molecular weight is 485 g/mol. The number of rotatable bonds is 3. The van der Waals surface area contributed by atoms with Gasteiger partial charge in [0.05, 0.1) is 0 Å². The summed E-state index contributed by atoms with van der Waals surface area (Å²) in [7, 11) is 0. The van der Waals surface area contributed by atoms with Gasteiger partial charge in [0.25, 0.3) is 0 Å². The second-order valence-corrected chi connectivity index (χ2v) is 8.45. The van der Waals surface area contributed by atoms with Gasteiger partial charge < -0.3 is 10.2 Å². The summed E-state index contributed by atoms with van der Waals surface area (Å²) in [6, 6.07) is 18.1. The van der Waals surface area contributed by atoms with Crippen LogP contribution in [0.25, 0.3) is 0 Å². The molecule has 2 N–H and O–H groups in total. The molecule has 0 radical (unpaired) electrons. The summed E-state index contributed by atoms with van der Waals surface area (Å²) in [5, 5.41) is 17.6. The summed E-state index contributed by atoms with van der Waals surface area (Å²) in [6.07, 6.45) is 2.16. The van der Waals surface area contributed by atoms with Crippen molar-refractivity contribution in [1.82, 2.24) is 0 Å². The van der Waals surface area contributed by atoms with E-state index in [0.717, 1.165) is 24.0 Å². The predicted octanol–water partition coefficient (Wildman–Crippen LogP) is 4.86. The van der Waals surface area contributed by atoms with E-state index in [-0.39, 0.29) is 6.61 Å². The van der Waals surface area contributed by atoms with Gasteiger partial charge in [0.2, 0.25) is 0 Å². The zero-order chi connectivity index (χ0) is 26.7. The lowest BCUT2D eigenvalue weighted by atomic mass is 10.1. The van der Waals surface area contributed by atoms with Crippen molar-refractivity contribution in [2.45, 2.75) is 39.5 Å². The van der Waals surface area contributed by atoms with Crippen molar-refractivity contribution in [3.8, 4) is 71.0 Å².